The maximum absolute atomic E-state index is 13.1. The predicted molar refractivity (Wildman–Crippen MR) is 119 cm³/mol. The Kier molecular flexibility index (Phi) is 7.33. The second-order valence-corrected chi connectivity index (χ2v) is 8.76. The first-order chi connectivity index (χ1) is 15.2. The molecule has 2 aromatic rings. The Balaban J connectivity index is 1.35. The minimum absolute atomic E-state index is 0.0875. The van der Waals surface area contributed by atoms with Gasteiger partial charge in [0, 0.05) is 50.4 Å². The number of likely N-dealkylation sites (tertiary alicyclic amines) is 2. The van der Waals surface area contributed by atoms with Crippen molar-refractivity contribution in [2.75, 3.05) is 26.2 Å². The van der Waals surface area contributed by atoms with E-state index in [1.165, 1.54) is 12.8 Å². The summed E-state index contributed by atoms with van der Waals surface area (Å²) in [5.74, 6) is 0.423. The quantitative estimate of drug-likeness (QED) is 0.770. The summed E-state index contributed by atoms with van der Waals surface area (Å²) < 4.78 is 0. The molecule has 0 saturated carbocycles. The third-order valence-corrected chi connectivity index (χ3v) is 6.52. The van der Waals surface area contributed by atoms with E-state index in [2.05, 4.69) is 15.2 Å². The van der Waals surface area contributed by atoms with E-state index in [1.54, 1.807) is 12.4 Å². The highest BCUT2D eigenvalue weighted by Crippen LogP contribution is 2.29. The van der Waals surface area contributed by atoms with Crippen LogP contribution in [-0.2, 0) is 11.2 Å². The van der Waals surface area contributed by atoms with Crippen LogP contribution in [-0.4, -0.2) is 63.0 Å². The molecule has 7 heteroatoms. The smallest absolute Gasteiger partial charge is 0.257 e. The Bertz CT molecular complexity index is 858. The lowest BCUT2D eigenvalue weighted by Crippen LogP contribution is -2.40. The van der Waals surface area contributed by atoms with E-state index in [1.807, 2.05) is 28.0 Å². The maximum Gasteiger partial charge on any atom is 0.257 e. The van der Waals surface area contributed by atoms with E-state index in [9.17, 15) is 9.59 Å². The summed E-state index contributed by atoms with van der Waals surface area (Å²) in [5, 5.41) is 7.30. The molecule has 2 aromatic heterocycles. The first-order valence-electron chi connectivity index (χ1n) is 11.7. The van der Waals surface area contributed by atoms with Gasteiger partial charge >= 0.3 is 0 Å². The van der Waals surface area contributed by atoms with Crippen molar-refractivity contribution < 1.29 is 9.59 Å². The lowest BCUT2D eigenvalue weighted by Gasteiger charge is -2.33. The first-order valence-corrected chi connectivity index (χ1v) is 11.7. The van der Waals surface area contributed by atoms with Crippen LogP contribution in [0.3, 0.4) is 0 Å². The number of nitrogens with zero attached hydrogens (tertiary/aromatic N) is 4. The Labute approximate surface area is 184 Å². The molecule has 0 aliphatic carbocycles. The number of H-pyrrole nitrogens is 1. The zero-order chi connectivity index (χ0) is 21.5. The van der Waals surface area contributed by atoms with Gasteiger partial charge in [-0.25, -0.2) is 0 Å². The molecule has 2 fully saturated rings. The summed E-state index contributed by atoms with van der Waals surface area (Å²) in [6.07, 6.45) is 12.1. The van der Waals surface area contributed by atoms with Gasteiger partial charge in [-0.3, -0.25) is 19.7 Å². The van der Waals surface area contributed by atoms with Gasteiger partial charge in [-0.05, 0) is 50.7 Å². The SMILES string of the molecule is O=C(CCCc1ccccn1)N1CCCC(c2[nH]ncc2C(=O)N2CCCCCC2)C1. The molecule has 1 atom stereocenters. The number of rotatable bonds is 6. The molecule has 4 rings (SSSR count). The molecular weight excluding hydrogens is 390 g/mol. The van der Waals surface area contributed by atoms with Crippen LogP contribution >= 0.6 is 0 Å². The molecule has 1 N–H and O–H groups in total. The number of hydrogen-bond acceptors (Lipinski definition) is 4. The lowest BCUT2D eigenvalue weighted by molar-refractivity contribution is -0.132. The molecule has 1 unspecified atom stereocenters. The van der Waals surface area contributed by atoms with Crippen LogP contribution in [0.25, 0.3) is 0 Å². The highest BCUT2D eigenvalue weighted by molar-refractivity contribution is 5.95. The number of aromatic nitrogens is 3. The molecule has 2 aliphatic heterocycles. The highest BCUT2D eigenvalue weighted by atomic mass is 16.2. The molecule has 31 heavy (non-hydrogen) atoms. The number of nitrogens with one attached hydrogen (secondary N) is 1. The molecule has 2 amide bonds. The monoisotopic (exact) mass is 423 g/mol. The van der Waals surface area contributed by atoms with Crippen molar-refractivity contribution in [3.63, 3.8) is 0 Å². The largest absolute Gasteiger partial charge is 0.342 e. The number of aryl methyl sites for hydroxylation is 1. The Hall–Kier alpha value is -2.70. The van der Waals surface area contributed by atoms with Gasteiger partial charge in [-0.1, -0.05) is 18.9 Å². The van der Waals surface area contributed by atoms with E-state index < -0.39 is 0 Å². The van der Waals surface area contributed by atoms with Crippen molar-refractivity contribution in [2.45, 2.75) is 63.7 Å². The molecule has 2 saturated heterocycles. The summed E-state index contributed by atoms with van der Waals surface area (Å²) in [4.78, 5) is 34.2. The van der Waals surface area contributed by atoms with Gasteiger partial charge in [0.2, 0.25) is 5.91 Å². The van der Waals surface area contributed by atoms with Crippen molar-refractivity contribution in [3.05, 3.63) is 47.5 Å². The van der Waals surface area contributed by atoms with E-state index in [4.69, 9.17) is 0 Å². The fourth-order valence-electron chi connectivity index (χ4n) is 4.79. The second-order valence-electron chi connectivity index (χ2n) is 8.76. The zero-order valence-corrected chi connectivity index (χ0v) is 18.3. The Morgan fingerprint density at radius 3 is 2.61 bits per heavy atom. The van der Waals surface area contributed by atoms with Crippen LogP contribution < -0.4 is 0 Å². The van der Waals surface area contributed by atoms with Crippen LogP contribution in [0.5, 0.6) is 0 Å². The standard InChI is InChI=1S/C24H33N5O2/c30-22(12-7-11-20-10-3-4-13-25-20)29-16-8-9-19(18-29)23-21(17-26-27-23)24(31)28-14-5-1-2-6-15-28/h3-4,10,13,17,19H,1-2,5-9,11-12,14-16,18H2,(H,26,27). The molecule has 0 spiro atoms. The second kappa shape index (κ2) is 10.6. The Morgan fingerprint density at radius 1 is 1.03 bits per heavy atom. The molecule has 166 valence electrons. The van der Waals surface area contributed by atoms with Crippen molar-refractivity contribution in [2.24, 2.45) is 0 Å². The maximum atomic E-state index is 13.1. The molecular formula is C24H33N5O2. The molecule has 7 nitrogen and oxygen atoms in total. The third-order valence-electron chi connectivity index (χ3n) is 6.52. The lowest BCUT2D eigenvalue weighted by atomic mass is 9.92. The van der Waals surface area contributed by atoms with Crippen LogP contribution in [0.1, 0.15) is 79.0 Å². The van der Waals surface area contributed by atoms with Crippen LogP contribution in [0.2, 0.25) is 0 Å². The summed E-state index contributed by atoms with van der Waals surface area (Å²) in [5.41, 5.74) is 2.62. The fourth-order valence-corrected chi connectivity index (χ4v) is 4.79. The van der Waals surface area contributed by atoms with Crippen molar-refractivity contribution in [1.82, 2.24) is 25.0 Å². The van der Waals surface area contributed by atoms with Crippen molar-refractivity contribution >= 4 is 11.8 Å². The minimum atomic E-state index is 0.0875. The number of carbonyl (C=O) groups excluding carboxylic acids is 2. The van der Waals surface area contributed by atoms with Gasteiger partial charge in [-0.2, -0.15) is 5.10 Å². The van der Waals surface area contributed by atoms with Crippen LogP contribution in [0, 0.1) is 0 Å². The molecule has 4 heterocycles. The van der Waals surface area contributed by atoms with Gasteiger partial charge in [0.15, 0.2) is 0 Å². The van der Waals surface area contributed by atoms with Crippen molar-refractivity contribution in [3.8, 4) is 0 Å². The van der Waals surface area contributed by atoms with E-state index in [0.29, 0.717) is 18.5 Å². The highest BCUT2D eigenvalue weighted by Gasteiger charge is 2.30. The number of carbonyl (C=O) groups is 2. The number of aromatic amines is 1. The van der Waals surface area contributed by atoms with Gasteiger partial charge in [0.1, 0.15) is 0 Å². The fraction of sp³-hybridized carbons (Fsp3) is 0.583. The van der Waals surface area contributed by atoms with Gasteiger partial charge < -0.3 is 9.80 Å². The first kappa shape index (κ1) is 21.5. The van der Waals surface area contributed by atoms with Crippen LogP contribution in [0.15, 0.2) is 30.6 Å². The summed E-state index contributed by atoms with van der Waals surface area (Å²) in [7, 11) is 0. The third kappa shape index (κ3) is 5.51. The minimum Gasteiger partial charge on any atom is -0.342 e. The normalized spacial score (nSPS) is 19.8. The average molecular weight is 424 g/mol. The summed E-state index contributed by atoms with van der Waals surface area (Å²) >= 11 is 0. The van der Waals surface area contributed by atoms with Gasteiger partial charge in [-0.15, -0.1) is 0 Å². The number of amides is 2. The molecule has 0 aromatic carbocycles. The van der Waals surface area contributed by atoms with E-state index >= 15 is 0 Å². The van der Waals surface area contributed by atoms with E-state index in [0.717, 1.165) is 69.5 Å². The predicted octanol–water partition coefficient (Wildman–Crippen LogP) is 3.55. The van der Waals surface area contributed by atoms with Crippen LogP contribution in [0.4, 0.5) is 0 Å². The van der Waals surface area contributed by atoms with E-state index in [-0.39, 0.29) is 17.7 Å². The summed E-state index contributed by atoms with van der Waals surface area (Å²) in [6.45, 7) is 3.11. The molecule has 2 aliphatic rings. The molecule has 0 radical (unpaired) electrons. The zero-order valence-electron chi connectivity index (χ0n) is 18.3. The number of hydrogen-bond donors (Lipinski definition) is 1. The average Bonchev–Trinajstić information content (AvgIpc) is 3.14. The van der Waals surface area contributed by atoms with Gasteiger partial charge in [0.05, 0.1) is 17.5 Å². The topological polar surface area (TPSA) is 82.2 Å². The number of pyridine rings is 1. The Morgan fingerprint density at radius 2 is 1.84 bits per heavy atom. The summed E-state index contributed by atoms with van der Waals surface area (Å²) in [6, 6.07) is 5.89. The molecule has 0 bridgehead atoms. The van der Waals surface area contributed by atoms with Gasteiger partial charge in [0.25, 0.3) is 5.91 Å². The number of piperidine rings is 1. The van der Waals surface area contributed by atoms with Crippen molar-refractivity contribution in [1.29, 1.82) is 0 Å².